The third-order valence-corrected chi connectivity index (χ3v) is 3.64. The average molecular weight is 225 g/mol. The second-order valence-corrected chi connectivity index (χ2v) is 5.12. The number of halogens is 1. The molecule has 0 N–H and O–H groups in total. The molecule has 0 aromatic carbocycles. The molecule has 2 nitrogen and oxygen atoms in total. The molecule has 82 valence electrons. The monoisotopic (exact) mass is 224 g/mol. The highest BCUT2D eigenvalue weighted by Gasteiger charge is 2.35. The lowest BCUT2D eigenvalue weighted by Gasteiger charge is -2.42. The van der Waals surface area contributed by atoms with Crippen molar-refractivity contribution in [3.63, 3.8) is 0 Å². The summed E-state index contributed by atoms with van der Waals surface area (Å²) in [6.07, 6.45) is 10.5. The highest BCUT2D eigenvalue weighted by atomic mass is 35.5. The van der Waals surface area contributed by atoms with Crippen LogP contribution in [-0.4, -0.2) is 30.7 Å². The third-order valence-electron chi connectivity index (χ3n) is 3.42. The van der Waals surface area contributed by atoms with Gasteiger partial charge in [-0.2, -0.15) is 0 Å². The van der Waals surface area contributed by atoms with E-state index in [4.69, 9.17) is 11.6 Å². The molecule has 2 aliphatic heterocycles. The van der Waals surface area contributed by atoms with Crippen LogP contribution in [0.3, 0.4) is 0 Å². The largest absolute Gasteiger partial charge is 0.372 e. The molecular weight excluding hydrogens is 208 g/mol. The first-order valence-corrected chi connectivity index (χ1v) is 5.75. The van der Waals surface area contributed by atoms with Crippen molar-refractivity contribution in [3.05, 3.63) is 23.4 Å². The van der Waals surface area contributed by atoms with E-state index in [2.05, 4.69) is 36.2 Å². The Balaban J connectivity index is 2.18. The molecular formula is C12H17ClN2. The van der Waals surface area contributed by atoms with Gasteiger partial charge in [0, 0.05) is 19.8 Å². The zero-order chi connectivity index (χ0) is 10.9. The maximum absolute atomic E-state index is 5.97. The first kappa shape index (κ1) is 10.7. The molecule has 0 spiro atoms. The molecule has 0 fully saturated rings. The topological polar surface area (TPSA) is 15.6 Å². The minimum Gasteiger partial charge on any atom is -0.372 e. The third kappa shape index (κ3) is 2.10. The number of aliphatic imine (C=N–C) groups is 1. The van der Waals surface area contributed by atoms with E-state index in [1.165, 1.54) is 0 Å². The van der Waals surface area contributed by atoms with Crippen LogP contribution in [0.5, 0.6) is 0 Å². The summed E-state index contributed by atoms with van der Waals surface area (Å²) in [5, 5.41) is 0.807. The minimum atomic E-state index is 0.293. The van der Waals surface area contributed by atoms with E-state index < -0.39 is 0 Å². The SMILES string of the molecule is CN1C=C(Cl)C=CC1C1(C)CC=NCC1. The van der Waals surface area contributed by atoms with Gasteiger partial charge in [0.05, 0.1) is 11.1 Å². The van der Waals surface area contributed by atoms with Crippen LogP contribution < -0.4 is 0 Å². The Morgan fingerprint density at radius 2 is 2.40 bits per heavy atom. The predicted octanol–water partition coefficient (Wildman–Crippen LogP) is 2.81. The van der Waals surface area contributed by atoms with Crippen LogP contribution in [0.2, 0.25) is 0 Å². The van der Waals surface area contributed by atoms with Crippen LogP contribution in [0, 0.1) is 5.41 Å². The average Bonchev–Trinajstić information content (AvgIpc) is 2.18. The number of allylic oxidation sites excluding steroid dienone is 2. The molecule has 0 aromatic rings. The van der Waals surface area contributed by atoms with Crippen LogP contribution in [0.25, 0.3) is 0 Å². The smallest absolute Gasteiger partial charge is 0.0562 e. The molecule has 0 amide bonds. The summed E-state index contributed by atoms with van der Waals surface area (Å²) in [5.74, 6) is 0. The first-order chi connectivity index (χ1) is 7.12. The molecule has 2 unspecified atom stereocenters. The normalized spacial score (nSPS) is 35.5. The summed E-state index contributed by atoms with van der Waals surface area (Å²) in [5.41, 5.74) is 0.293. The molecule has 0 radical (unpaired) electrons. The molecule has 2 aliphatic rings. The summed E-state index contributed by atoms with van der Waals surface area (Å²) in [4.78, 5) is 6.51. The van der Waals surface area contributed by atoms with Gasteiger partial charge in [-0.15, -0.1) is 0 Å². The van der Waals surface area contributed by atoms with Crippen LogP contribution in [0.15, 0.2) is 28.4 Å². The van der Waals surface area contributed by atoms with Crippen LogP contribution in [-0.2, 0) is 0 Å². The van der Waals surface area contributed by atoms with E-state index >= 15 is 0 Å². The van der Waals surface area contributed by atoms with Crippen molar-refractivity contribution in [1.82, 2.24) is 4.90 Å². The zero-order valence-corrected chi connectivity index (χ0v) is 10.0. The van der Waals surface area contributed by atoms with E-state index in [1.54, 1.807) is 0 Å². The fourth-order valence-corrected chi connectivity index (χ4v) is 2.64. The fourth-order valence-electron chi connectivity index (χ4n) is 2.42. The summed E-state index contributed by atoms with van der Waals surface area (Å²) in [6, 6.07) is 0.437. The fraction of sp³-hybridized carbons (Fsp3) is 0.583. The van der Waals surface area contributed by atoms with Crippen molar-refractivity contribution in [2.45, 2.75) is 25.8 Å². The van der Waals surface area contributed by atoms with E-state index in [0.717, 1.165) is 24.4 Å². The Bertz CT molecular complexity index is 333. The molecule has 2 atom stereocenters. The van der Waals surface area contributed by atoms with Gasteiger partial charge < -0.3 is 4.90 Å². The Kier molecular flexibility index (Phi) is 2.87. The van der Waals surface area contributed by atoms with E-state index in [0.29, 0.717) is 11.5 Å². The van der Waals surface area contributed by atoms with Gasteiger partial charge >= 0.3 is 0 Å². The Morgan fingerprint density at radius 1 is 1.60 bits per heavy atom. The number of likely N-dealkylation sites (N-methyl/N-ethyl adjacent to an activating group) is 1. The maximum atomic E-state index is 5.97. The van der Waals surface area contributed by atoms with Crippen molar-refractivity contribution in [1.29, 1.82) is 0 Å². The van der Waals surface area contributed by atoms with Crippen molar-refractivity contribution >= 4 is 17.8 Å². The van der Waals surface area contributed by atoms with Crippen molar-refractivity contribution < 1.29 is 0 Å². The van der Waals surface area contributed by atoms with E-state index in [9.17, 15) is 0 Å². The quantitative estimate of drug-likeness (QED) is 0.669. The molecule has 0 aliphatic carbocycles. The number of rotatable bonds is 1. The molecule has 15 heavy (non-hydrogen) atoms. The van der Waals surface area contributed by atoms with Gasteiger partial charge in [-0.3, -0.25) is 4.99 Å². The number of hydrogen-bond donors (Lipinski definition) is 0. The van der Waals surface area contributed by atoms with E-state index in [-0.39, 0.29) is 0 Å². The number of hydrogen-bond acceptors (Lipinski definition) is 2. The van der Waals surface area contributed by atoms with E-state index in [1.807, 2.05) is 12.3 Å². The number of nitrogens with zero attached hydrogens (tertiary/aromatic N) is 2. The lowest BCUT2D eigenvalue weighted by atomic mass is 9.74. The maximum Gasteiger partial charge on any atom is 0.0562 e. The standard InChI is InChI=1S/C12H17ClN2/c1-12(5-7-14-8-6-12)11-4-3-10(13)9-15(11)2/h3-4,7,9,11H,5-6,8H2,1-2H3. The lowest BCUT2D eigenvalue weighted by molar-refractivity contribution is 0.164. The first-order valence-electron chi connectivity index (χ1n) is 5.38. The molecule has 2 rings (SSSR count). The Morgan fingerprint density at radius 3 is 3.00 bits per heavy atom. The highest BCUT2D eigenvalue weighted by Crippen LogP contribution is 2.37. The molecule has 2 heterocycles. The van der Waals surface area contributed by atoms with Crippen molar-refractivity contribution in [2.75, 3.05) is 13.6 Å². The predicted molar refractivity (Wildman–Crippen MR) is 65.3 cm³/mol. The van der Waals surface area contributed by atoms with Gasteiger partial charge in [0.15, 0.2) is 0 Å². The van der Waals surface area contributed by atoms with Gasteiger partial charge in [0.1, 0.15) is 0 Å². The minimum absolute atomic E-state index is 0.293. The molecule has 3 heteroatoms. The molecule has 0 saturated heterocycles. The van der Waals surface area contributed by atoms with Crippen LogP contribution >= 0.6 is 11.6 Å². The Labute approximate surface area is 96.3 Å². The van der Waals surface area contributed by atoms with Gasteiger partial charge in [0.2, 0.25) is 0 Å². The molecule has 0 bridgehead atoms. The summed E-state index contributed by atoms with van der Waals surface area (Å²) in [7, 11) is 2.09. The molecule has 0 saturated carbocycles. The van der Waals surface area contributed by atoms with Crippen LogP contribution in [0.4, 0.5) is 0 Å². The van der Waals surface area contributed by atoms with Gasteiger partial charge in [-0.05, 0) is 30.5 Å². The summed E-state index contributed by atoms with van der Waals surface area (Å²) in [6.45, 7) is 3.28. The second-order valence-electron chi connectivity index (χ2n) is 4.68. The van der Waals surface area contributed by atoms with Crippen molar-refractivity contribution in [2.24, 2.45) is 10.4 Å². The van der Waals surface area contributed by atoms with Crippen molar-refractivity contribution in [3.8, 4) is 0 Å². The van der Waals surface area contributed by atoms with Gasteiger partial charge in [-0.25, -0.2) is 0 Å². The molecule has 0 aromatic heterocycles. The van der Waals surface area contributed by atoms with Crippen LogP contribution in [0.1, 0.15) is 19.8 Å². The zero-order valence-electron chi connectivity index (χ0n) is 9.28. The summed E-state index contributed by atoms with van der Waals surface area (Å²) >= 11 is 5.97. The van der Waals surface area contributed by atoms with Gasteiger partial charge in [0.25, 0.3) is 0 Å². The Hall–Kier alpha value is -0.760. The summed E-state index contributed by atoms with van der Waals surface area (Å²) < 4.78 is 0. The second kappa shape index (κ2) is 4.01. The highest BCUT2D eigenvalue weighted by molar-refractivity contribution is 6.31. The van der Waals surface area contributed by atoms with Gasteiger partial charge in [-0.1, -0.05) is 24.6 Å². The lowest BCUT2D eigenvalue weighted by Crippen LogP contribution is -2.43.